The molecule has 0 saturated heterocycles. The van der Waals surface area contributed by atoms with Crippen molar-refractivity contribution in [3.8, 4) is 0 Å². The number of methoxy groups -OCH3 is 1. The lowest BCUT2D eigenvalue weighted by Gasteiger charge is -2.30. The highest BCUT2D eigenvalue weighted by Gasteiger charge is 2.29. The molecule has 0 spiro atoms. The van der Waals surface area contributed by atoms with Crippen LogP contribution in [-0.2, 0) is 14.8 Å². The number of hydrogen-bond donors (Lipinski definition) is 0. The van der Waals surface area contributed by atoms with Crippen LogP contribution in [0.4, 0.5) is 0 Å². The molecule has 1 aliphatic rings. The van der Waals surface area contributed by atoms with Gasteiger partial charge in [0.1, 0.15) is 0 Å². The lowest BCUT2D eigenvalue weighted by atomic mass is 9.96. The molecule has 21 heavy (non-hydrogen) atoms. The first kappa shape index (κ1) is 16.0. The zero-order valence-corrected chi connectivity index (χ0v) is 13.2. The molecule has 1 saturated carbocycles. The van der Waals surface area contributed by atoms with Crippen molar-refractivity contribution in [2.75, 3.05) is 14.2 Å². The molecule has 1 fully saturated rings. The van der Waals surface area contributed by atoms with E-state index >= 15 is 0 Å². The molecule has 0 atom stereocenters. The second-order valence-electron chi connectivity index (χ2n) is 5.33. The summed E-state index contributed by atoms with van der Waals surface area (Å²) in [7, 11) is -0.573. The van der Waals surface area contributed by atoms with Gasteiger partial charge < -0.3 is 4.74 Å². The van der Waals surface area contributed by atoms with Crippen LogP contribution in [0.3, 0.4) is 0 Å². The quantitative estimate of drug-likeness (QED) is 0.801. The van der Waals surface area contributed by atoms with E-state index in [-0.39, 0.29) is 10.9 Å². The number of benzene rings is 1. The van der Waals surface area contributed by atoms with Gasteiger partial charge in [-0.3, -0.25) is 0 Å². The van der Waals surface area contributed by atoms with Crippen LogP contribution >= 0.6 is 0 Å². The van der Waals surface area contributed by atoms with Crippen LogP contribution in [0, 0.1) is 0 Å². The van der Waals surface area contributed by atoms with Crippen molar-refractivity contribution < 1.29 is 17.9 Å². The largest absolute Gasteiger partial charge is 0.465 e. The fourth-order valence-corrected chi connectivity index (χ4v) is 4.10. The fraction of sp³-hybridized carbons (Fsp3) is 0.533. The molecule has 2 rings (SSSR count). The number of carbonyl (C=O) groups is 1. The Morgan fingerprint density at radius 2 is 1.71 bits per heavy atom. The first-order valence-corrected chi connectivity index (χ1v) is 8.57. The molecule has 0 aliphatic heterocycles. The highest BCUT2D eigenvalue weighted by atomic mass is 32.2. The highest BCUT2D eigenvalue weighted by Crippen LogP contribution is 2.26. The minimum atomic E-state index is -3.51. The van der Waals surface area contributed by atoms with Gasteiger partial charge in [0.15, 0.2) is 0 Å². The van der Waals surface area contributed by atoms with Crippen molar-refractivity contribution in [3.05, 3.63) is 29.8 Å². The molecule has 0 unspecified atom stereocenters. The van der Waals surface area contributed by atoms with E-state index in [1.165, 1.54) is 42.1 Å². The summed E-state index contributed by atoms with van der Waals surface area (Å²) in [6.07, 6.45) is 5.15. The van der Waals surface area contributed by atoms with Gasteiger partial charge in [0.25, 0.3) is 0 Å². The molecule has 5 nitrogen and oxygen atoms in total. The van der Waals surface area contributed by atoms with E-state index in [1.807, 2.05) is 0 Å². The molecule has 1 aromatic carbocycles. The Labute approximate surface area is 126 Å². The highest BCUT2D eigenvalue weighted by molar-refractivity contribution is 7.89. The maximum absolute atomic E-state index is 12.6. The van der Waals surface area contributed by atoms with Crippen LogP contribution in [0.2, 0.25) is 0 Å². The van der Waals surface area contributed by atoms with Gasteiger partial charge in [-0.15, -0.1) is 0 Å². The fourth-order valence-electron chi connectivity index (χ4n) is 2.69. The summed E-state index contributed by atoms with van der Waals surface area (Å²) >= 11 is 0. The van der Waals surface area contributed by atoms with Crippen LogP contribution in [0.1, 0.15) is 42.5 Å². The van der Waals surface area contributed by atoms with Crippen molar-refractivity contribution in [1.82, 2.24) is 4.31 Å². The van der Waals surface area contributed by atoms with Crippen molar-refractivity contribution in [2.24, 2.45) is 0 Å². The van der Waals surface area contributed by atoms with Gasteiger partial charge in [-0.1, -0.05) is 19.3 Å². The monoisotopic (exact) mass is 311 g/mol. The zero-order valence-electron chi connectivity index (χ0n) is 12.4. The van der Waals surface area contributed by atoms with Crippen molar-refractivity contribution in [1.29, 1.82) is 0 Å². The van der Waals surface area contributed by atoms with E-state index in [4.69, 9.17) is 0 Å². The summed E-state index contributed by atoms with van der Waals surface area (Å²) < 4.78 is 31.3. The van der Waals surface area contributed by atoms with Crippen molar-refractivity contribution >= 4 is 16.0 Å². The zero-order chi connectivity index (χ0) is 15.5. The number of hydrogen-bond acceptors (Lipinski definition) is 4. The Hall–Kier alpha value is -1.40. The maximum atomic E-state index is 12.6. The van der Waals surface area contributed by atoms with Gasteiger partial charge in [0.05, 0.1) is 17.6 Å². The molecule has 1 aliphatic carbocycles. The van der Waals surface area contributed by atoms with E-state index in [0.29, 0.717) is 5.56 Å². The molecule has 6 heteroatoms. The molecule has 0 radical (unpaired) electrons. The van der Waals surface area contributed by atoms with Gasteiger partial charge in [-0.2, -0.15) is 4.31 Å². The Morgan fingerprint density at radius 3 is 2.24 bits per heavy atom. The summed E-state index contributed by atoms with van der Waals surface area (Å²) in [5, 5.41) is 0. The van der Waals surface area contributed by atoms with Crippen LogP contribution in [-0.4, -0.2) is 38.9 Å². The Bertz CT molecular complexity index is 589. The van der Waals surface area contributed by atoms with E-state index in [9.17, 15) is 13.2 Å². The first-order chi connectivity index (χ1) is 9.96. The summed E-state index contributed by atoms with van der Waals surface area (Å²) in [6, 6.07) is 5.95. The Morgan fingerprint density at radius 1 is 1.14 bits per heavy atom. The third-order valence-corrected chi connectivity index (χ3v) is 5.97. The number of ether oxygens (including phenoxy) is 1. The average Bonchev–Trinajstić information content (AvgIpc) is 2.54. The van der Waals surface area contributed by atoms with E-state index in [0.717, 1.165) is 25.7 Å². The van der Waals surface area contributed by atoms with Gasteiger partial charge in [0.2, 0.25) is 10.0 Å². The van der Waals surface area contributed by atoms with Gasteiger partial charge in [-0.05, 0) is 37.1 Å². The van der Waals surface area contributed by atoms with Crippen LogP contribution < -0.4 is 0 Å². The summed E-state index contributed by atoms with van der Waals surface area (Å²) in [5.74, 6) is -0.473. The number of rotatable bonds is 4. The van der Waals surface area contributed by atoms with Gasteiger partial charge in [0, 0.05) is 13.1 Å². The van der Waals surface area contributed by atoms with Gasteiger partial charge in [-0.25, -0.2) is 13.2 Å². The smallest absolute Gasteiger partial charge is 0.337 e. The SMILES string of the molecule is COC(=O)c1ccc(S(=O)(=O)N(C)C2CCCCC2)cc1. The third kappa shape index (κ3) is 3.44. The topological polar surface area (TPSA) is 63.7 Å². The van der Waals surface area contributed by atoms with Crippen LogP contribution in [0.5, 0.6) is 0 Å². The second kappa shape index (κ2) is 6.58. The molecule has 116 valence electrons. The normalized spacial score (nSPS) is 16.9. The van der Waals surface area contributed by atoms with E-state index < -0.39 is 16.0 Å². The number of carbonyl (C=O) groups excluding carboxylic acids is 1. The van der Waals surface area contributed by atoms with Crippen LogP contribution in [0.25, 0.3) is 0 Å². The molecular weight excluding hydrogens is 290 g/mol. The molecule has 0 bridgehead atoms. The van der Waals surface area contributed by atoms with Crippen molar-refractivity contribution in [2.45, 2.75) is 43.0 Å². The molecule has 0 heterocycles. The Balaban J connectivity index is 2.20. The molecule has 0 amide bonds. The standard InChI is InChI=1S/C15H21NO4S/c1-16(13-6-4-3-5-7-13)21(18,19)14-10-8-12(9-11-14)15(17)20-2/h8-11,13H,3-7H2,1-2H3. The lowest BCUT2D eigenvalue weighted by molar-refractivity contribution is 0.0600. The molecule has 0 N–H and O–H groups in total. The van der Waals surface area contributed by atoms with E-state index in [1.54, 1.807) is 7.05 Å². The average molecular weight is 311 g/mol. The van der Waals surface area contributed by atoms with Crippen molar-refractivity contribution in [3.63, 3.8) is 0 Å². The minimum absolute atomic E-state index is 0.0732. The predicted octanol–water partition coefficient (Wildman–Crippen LogP) is 2.43. The Kier molecular flexibility index (Phi) is 5.00. The number of esters is 1. The van der Waals surface area contributed by atoms with Crippen LogP contribution in [0.15, 0.2) is 29.2 Å². The van der Waals surface area contributed by atoms with Gasteiger partial charge >= 0.3 is 5.97 Å². The predicted molar refractivity (Wildman–Crippen MR) is 79.6 cm³/mol. The number of sulfonamides is 1. The molecule has 1 aromatic rings. The second-order valence-corrected chi connectivity index (χ2v) is 7.33. The summed E-state index contributed by atoms with van der Waals surface area (Å²) in [4.78, 5) is 11.6. The number of nitrogens with zero attached hydrogens (tertiary/aromatic N) is 1. The maximum Gasteiger partial charge on any atom is 0.337 e. The minimum Gasteiger partial charge on any atom is -0.465 e. The summed E-state index contributed by atoms with van der Waals surface area (Å²) in [6.45, 7) is 0. The molecule has 0 aromatic heterocycles. The first-order valence-electron chi connectivity index (χ1n) is 7.13. The summed E-state index contributed by atoms with van der Waals surface area (Å²) in [5.41, 5.74) is 0.344. The lowest BCUT2D eigenvalue weighted by Crippen LogP contribution is -2.38. The third-order valence-electron chi connectivity index (χ3n) is 4.04. The van der Waals surface area contributed by atoms with E-state index in [2.05, 4.69) is 4.74 Å². The molecular formula is C15H21NO4S.